The van der Waals surface area contributed by atoms with Crippen LogP contribution in [0.1, 0.15) is 16.8 Å². The lowest BCUT2D eigenvalue weighted by Gasteiger charge is -2.19. The van der Waals surface area contributed by atoms with Crippen molar-refractivity contribution < 1.29 is 17.9 Å². The van der Waals surface area contributed by atoms with Crippen LogP contribution in [0.3, 0.4) is 0 Å². The molecular formula is C14H22N2O4S. The van der Waals surface area contributed by atoms with Crippen molar-refractivity contribution in [1.29, 1.82) is 0 Å². The summed E-state index contributed by atoms with van der Waals surface area (Å²) >= 11 is 0. The molecule has 0 saturated carbocycles. The molecule has 0 aliphatic rings. The molecule has 0 bridgehead atoms. The molecule has 0 fully saturated rings. The van der Waals surface area contributed by atoms with Gasteiger partial charge < -0.3 is 9.64 Å². The Balaban J connectivity index is 3.00. The van der Waals surface area contributed by atoms with Gasteiger partial charge in [0.15, 0.2) is 0 Å². The minimum Gasteiger partial charge on any atom is -0.465 e. The summed E-state index contributed by atoms with van der Waals surface area (Å²) in [4.78, 5) is 13.7. The van der Waals surface area contributed by atoms with E-state index in [1.54, 1.807) is 12.1 Å². The van der Waals surface area contributed by atoms with E-state index in [1.807, 2.05) is 19.0 Å². The molecule has 0 amide bonds. The first-order chi connectivity index (χ1) is 9.80. The molecule has 0 unspecified atom stereocenters. The number of methoxy groups -OCH3 is 1. The van der Waals surface area contributed by atoms with Crippen molar-refractivity contribution >= 4 is 16.0 Å². The van der Waals surface area contributed by atoms with Crippen LogP contribution in [0, 0.1) is 0 Å². The summed E-state index contributed by atoms with van der Waals surface area (Å²) in [6.45, 7) is 1.18. The number of rotatable bonds is 7. The molecule has 0 heterocycles. The molecule has 0 saturated heterocycles. The van der Waals surface area contributed by atoms with Crippen molar-refractivity contribution in [2.24, 2.45) is 0 Å². The third-order valence-electron chi connectivity index (χ3n) is 3.06. The Morgan fingerprint density at radius 3 is 2.33 bits per heavy atom. The molecule has 0 aromatic heterocycles. The number of nitrogens with zero attached hydrogens (tertiary/aromatic N) is 2. The van der Waals surface area contributed by atoms with Gasteiger partial charge in [-0.25, -0.2) is 17.5 Å². The highest BCUT2D eigenvalue weighted by molar-refractivity contribution is 7.89. The summed E-state index contributed by atoms with van der Waals surface area (Å²) in [6, 6.07) is 6.07. The topological polar surface area (TPSA) is 66.9 Å². The fraction of sp³-hybridized carbons (Fsp3) is 0.500. The van der Waals surface area contributed by atoms with Gasteiger partial charge >= 0.3 is 5.97 Å². The van der Waals surface area contributed by atoms with Crippen LogP contribution in [0.4, 0.5) is 0 Å². The highest BCUT2D eigenvalue weighted by atomic mass is 32.2. The fourth-order valence-corrected chi connectivity index (χ4v) is 3.25. The predicted molar refractivity (Wildman–Crippen MR) is 80.8 cm³/mol. The van der Waals surface area contributed by atoms with Crippen LogP contribution in [-0.4, -0.2) is 64.9 Å². The molecule has 0 radical (unpaired) electrons. The minimum atomic E-state index is -3.71. The number of hydrogen-bond donors (Lipinski definition) is 0. The van der Waals surface area contributed by atoms with E-state index < -0.39 is 16.0 Å². The van der Waals surface area contributed by atoms with Crippen molar-refractivity contribution in [2.45, 2.75) is 11.3 Å². The van der Waals surface area contributed by atoms with Crippen molar-refractivity contribution in [3.05, 3.63) is 29.8 Å². The Morgan fingerprint density at radius 2 is 1.76 bits per heavy atom. The minimum absolute atomic E-state index is 0.0239. The molecule has 0 aliphatic heterocycles. The van der Waals surface area contributed by atoms with Gasteiger partial charge in [-0.05, 0) is 39.2 Å². The smallest absolute Gasteiger partial charge is 0.339 e. The Morgan fingerprint density at radius 1 is 1.14 bits per heavy atom. The molecule has 0 atom stereocenters. The van der Waals surface area contributed by atoms with Crippen molar-refractivity contribution in [3.63, 3.8) is 0 Å². The van der Waals surface area contributed by atoms with E-state index in [0.29, 0.717) is 13.0 Å². The second kappa shape index (κ2) is 7.53. The highest BCUT2D eigenvalue weighted by Crippen LogP contribution is 2.20. The van der Waals surface area contributed by atoms with Gasteiger partial charge in [-0.15, -0.1) is 0 Å². The lowest BCUT2D eigenvalue weighted by Crippen LogP contribution is -2.31. The van der Waals surface area contributed by atoms with Gasteiger partial charge in [-0.2, -0.15) is 0 Å². The first-order valence-electron chi connectivity index (χ1n) is 6.59. The monoisotopic (exact) mass is 314 g/mol. The number of carbonyl (C=O) groups excluding carboxylic acids is 1. The molecule has 0 spiro atoms. The lowest BCUT2D eigenvalue weighted by molar-refractivity contribution is 0.0596. The Kier molecular flexibility index (Phi) is 6.32. The summed E-state index contributed by atoms with van der Waals surface area (Å²) in [6.07, 6.45) is 0.711. The van der Waals surface area contributed by atoms with E-state index >= 15 is 0 Å². The van der Waals surface area contributed by atoms with E-state index in [0.717, 1.165) is 6.54 Å². The predicted octanol–water partition coefficient (Wildman–Crippen LogP) is 1.05. The van der Waals surface area contributed by atoms with Gasteiger partial charge in [0.1, 0.15) is 0 Å². The summed E-state index contributed by atoms with van der Waals surface area (Å²) < 4.78 is 31.0. The summed E-state index contributed by atoms with van der Waals surface area (Å²) in [5.41, 5.74) is 0.0551. The highest BCUT2D eigenvalue weighted by Gasteiger charge is 2.26. The van der Waals surface area contributed by atoms with Gasteiger partial charge in [0.2, 0.25) is 10.0 Å². The average Bonchev–Trinajstić information content (AvgIpc) is 2.45. The zero-order valence-corrected chi connectivity index (χ0v) is 13.7. The van der Waals surface area contributed by atoms with E-state index in [1.165, 1.54) is 30.6 Å². The first-order valence-corrected chi connectivity index (χ1v) is 8.03. The standard InChI is InChI=1S/C14H22N2O4S/c1-15(2)10-7-11-16(3)21(18,19)13-9-6-5-8-12(13)14(17)20-4/h5-6,8-9H,7,10-11H2,1-4H3. The number of benzene rings is 1. The van der Waals surface area contributed by atoms with Gasteiger partial charge in [-0.1, -0.05) is 12.1 Å². The second-order valence-corrected chi connectivity index (χ2v) is 6.98. The van der Waals surface area contributed by atoms with E-state index in [9.17, 15) is 13.2 Å². The van der Waals surface area contributed by atoms with Crippen LogP contribution in [0.15, 0.2) is 29.2 Å². The number of hydrogen-bond acceptors (Lipinski definition) is 5. The van der Waals surface area contributed by atoms with Crippen LogP contribution in [0.5, 0.6) is 0 Å². The SMILES string of the molecule is COC(=O)c1ccccc1S(=O)(=O)N(C)CCCN(C)C. The average molecular weight is 314 g/mol. The first kappa shape index (κ1) is 17.6. The van der Waals surface area contributed by atoms with E-state index in [-0.39, 0.29) is 10.5 Å². The molecule has 0 N–H and O–H groups in total. The van der Waals surface area contributed by atoms with Crippen molar-refractivity contribution in [1.82, 2.24) is 9.21 Å². The van der Waals surface area contributed by atoms with Crippen LogP contribution in [0.2, 0.25) is 0 Å². The number of sulfonamides is 1. The van der Waals surface area contributed by atoms with Crippen molar-refractivity contribution in [3.8, 4) is 0 Å². The maximum absolute atomic E-state index is 12.6. The van der Waals surface area contributed by atoms with Crippen molar-refractivity contribution in [2.75, 3.05) is 41.3 Å². The van der Waals surface area contributed by atoms with Gasteiger partial charge in [0.05, 0.1) is 17.6 Å². The Bertz CT molecular complexity index is 584. The summed E-state index contributed by atoms with van der Waals surface area (Å²) in [5, 5.41) is 0. The van der Waals surface area contributed by atoms with Gasteiger partial charge in [0, 0.05) is 13.6 Å². The molecule has 7 heteroatoms. The molecule has 0 aliphatic carbocycles. The number of ether oxygens (including phenoxy) is 1. The van der Waals surface area contributed by atoms with Gasteiger partial charge in [0.25, 0.3) is 0 Å². The zero-order chi connectivity index (χ0) is 16.0. The molecular weight excluding hydrogens is 292 g/mol. The summed E-state index contributed by atoms with van der Waals surface area (Å²) in [5.74, 6) is -0.657. The fourth-order valence-electron chi connectivity index (χ4n) is 1.87. The van der Waals surface area contributed by atoms with E-state index in [2.05, 4.69) is 4.74 Å². The van der Waals surface area contributed by atoms with Crippen LogP contribution < -0.4 is 0 Å². The van der Waals surface area contributed by atoms with Crippen LogP contribution in [0.25, 0.3) is 0 Å². The zero-order valence-electron chi connectivity index (χ0n) is 12.9. The van der Waals surface area contributed by atoms with Gasteiger partial charge in [-0.3, -0.25) is 0 Å². The molecule has 1 aromatic carbocycles. The molecule has 21 heavy (non-hydrogen) atoms. The second-order valence-electron chi connectivity index (χ2n) is 4.97. The quantitative estimate of drug-likeness (QED) is 0.704. The largest absolute Gasteiger partial charge is 0.465 e. The third-order valence-corrected chi connectivity index (χ3v) is 4.97. The third kappa shape index (κ3) is 4.52. The maximum atomic E-state index is 12.6. The molecule has 1 aromatic rings. The molecule has 6 nitrogen and oxygen atoms in total. The molecule has 1 rings (SSSR count). The Labute approximate surface area is 126 Å². The molecule has 118 valence electrons. The normalized spacial score (nSPS) is 11.9. The Hall–Kier alpha value is -1.44. The number of carbonyl (C=O) groups is 1. The van der Waals surface area contributed by atoms with E-state index in [4.69, 9.17) is 0 Å². The van der Waals surface area contributed by atoms with Crippen LogP contribution in [-0.2, 0) is 14.8 Å². The van der Waals surface area contributed by atoms with Crippen LogP contribution >= 0.6 is 0 Å². The number of esters is 1. The summed E-state index contributed by atoms with van der Waals surface area (Å²) in [7, 11) is 2.90. The lowest BCUT2D eigenvalue weighted by atomic mass is 10.2. The maximum Gasteiger partial charge on any atom is 0.339 e.